The number of pyridine rings is 2. The van der Waals surface area contributed by atoms with E-state index in [0.29, 0.717) is 24.7 Å². The van der Waals surface area contributed by atoms with Crippen LogP contribution in [0.25, 0.3) is 0 Å². The predicted molar refractivity (Wildman–Crippen MR) is 84.9 cm³/mol. The number of aromatic nitrogens is 2. The molecule has 0 atom stereocenters. The van der Waals surface area contributed by atoms with Crippen molar-refractivity contribution >= 4 is 0 Å². The number of nitriles is 1. The molecule has 0 amide bonds. The molecule has 0 fully saturated rings. The average molecular weight is 299 g/mol. The second-order valence-electron chi connectivity index (χ2n) is 4.16. The summed E-state index contributed by atoms with van der Waals surface area (Å²) in [7, 11) is 0. The zero-order valence-corrected chi connectivity index (χ0v) is 13.2. The molecule has 0 N–H and O–H groups in total. The van der Waals surface area contributed by atoms with Gasteiger partial charge < -0.3 is 9.47 Å². The molecule has 5 nitrogen and oxygen atoms in total. The van der Waals surface area contributed by atoms with Crippen molar-refractivity contribution in [3.63, 3.8) is 0 Å². The van der Waals surface area contributed by atoms with Crippen molar-refractivity contribution in [2.24, 2.45) is 0 Å². The summed E-state index contributed by atoms with van der Waals surface area (Å²) in [5.41, 5.74) is 1.66. The topological polar surface area (TPSA) is 68.0 Å². The first kappa shape index (κ1) is 17.4. The minimum atomic E-state index is 0.414. The van der Waals surface area contributed by atoms with Crippen LogP contribution < -0.4 is 9.47 Å². The largest absolute Gasteiger partial charge is 0.478 e. The molecule has 0 aliphatic rings. The predicted octanol–water partition coefficient (Wildman–Crippen LogP) is 3.39. The third-order valence-corrected chi connectivity index (χ3v) is 2.68. The van der Waals surface area contributed by atoms with Crippen LogP contribution in [-0.2, 0) is 6.42 Å². The molecular formula is C17H21N3O2. The van der Waals surface area contributed by atoms with E-state index >= 15 is 0 Å². The Morgan fingerprint density at radius 1 is 0.955 bits per heavy atom. The van der Waals surface area contributed by atoms with Crippen LogP contribution in [0.3, 0.4) is 0 Å². The number of ether oxygens (including phenoxy) is 2. The van der Waals surface area contributed by atoms with Crippen LogP contribution in [0.15, 0.2) is 36.7 Å². The van der Waals surface area contributed by atoms with E-state index in [2.05, 4.69) is 16.9 Å². The molecule has 5 heteroatoms. The molecule has 0 radical (unpaired) electrons. The SMILES string of the molecule is CCOc1ncccc1C#N.CCOc1ncccc1CC. The molecule has 2 aromatic rings. The van der Waals surface area contributed by atoms with Crippen molar-refractivity contribution in [3.8, 4) is 17.8 Å². The third kappa shape index (κ3) is 5.41. The average Bonchev–Trinajstić information content (AvgIpc) is 2.57. The summed E-state index contributed by atoms with van der Waals surface area (Å²) < 4.78 is 10.4. The van der Waals surface area contributed by atoms with E-state index in [1.807, 2.05) is 32.0 Å². The molecular weight excluding hydrogens is 278 g/mol. The Morgan fingerprint density at radius 2 is 1.55 bits per heavy atom. The van der Waals surface area contributed by atoms with Crippen molar-refractivity contribution in [1.82, 2.24) is 9.97 Å². The lowest BCUT2D eigenvalue weighted by Crippen LogP contribution is -1.97. The van der Waals surface area contributed by atoms with Crippen LogP contribution in [0, 0.1) is 11.3 Å². The van der Waals surface area contributed by atoms with E-state index in [9.17, 15) is 0 Å². The van der Waals surface area contributed by atoms with Crippen LogP contribution in [0.5, 0.6) is 11.8 Å². The zero-order chi connectivity index (χ0) is 16.2. The monoisotopic (exact) mass is 299 g/mol. The fourth-order valence-corrected chi connectivity index (χ4v) is 1.69. The van der Waals surface area contributed by atoms with Gasteiger partial charge in [-0.2, -0.15) is 5.26 Å². The molecule has 0 aromatic carbocycles. The first-order valence-corrected chi connectivity index (χ1v) is 7.31. The number of rotatable bonds is 5. The van der Waals surface area contributed by atoms with Gasteiger partial charge in [-0.1, -0.05) is 13.0 Å². The van der Waals surface area contributed by atoms with E-state index in [4.69, 9.17) is 14.7 Å². The lowest BCUT2D eigenvalue weighted by molar-refractivity contribution is 0.323. The van der Waals surface area contributed by atoms with Gasteiger partial charge in [0.1, 0.15) is 11.6 Å². The molecule has 2 rings (SSSR count). The number of hydrogen-bond donors (Lipinski definition) is 0. The van der Waals surface area contributed by atoms with Gasteiger partial charge in [-0.3, -0.25) is 0 Å². The van der Waals surface area contributed by atoms with Crippen LogP contribution in [0.4, 0.5) is 0 Å². The van der Waals surface area contributed by atoms with Gasteiger partial charge in [0.2, 0.25) is 11.8 Å². The molecule has 0 aliphatic carbocycles. The second kappa shape index (κ2) is 10.2. The van der Waals surface area contributed by atoms with Crippen molar-refractivity contribution in [2.45, 2.75) is 27.2 Å². The molecule has 0 spiro atoms. The molecule has 116 valence electrons. The van der Waals surface area contributed by atoms with Gasteiger partial charge >= 0.3 is 0 Å². The van der Waals surface area contributed by atoms with Crippen LogP contribution in [-0.4, -0.2) is 23.2 Å². The van der Waals surface area contributed by atoms with Crippen molar-refractivity contribution in [2.75, 3.05) is 13.2 Å². The number of aryl methyl sites for hydroxylation is 1. The van der Waals surface area contributed by atoms with Crippen LogP contribution in [0.1, 0.15) is 31.9 Å². The molecule has 2 aromatic heterocycles. The summed E-state index contributed by atoms with van der Waals surface area (Å²) in [5.74, 6) is 1.19. The highest BCUT2D eigenvalue weighted by molar-refractivity contribution is 5.36. The number of nitrogens with zero attached hydrogens (tertiary/aromatic N) is 3. The standard InChI is InChI=1S/C9H13NO.C8H8N2O/c1-3-8-6-5-7-10-9(8)11-4-2;1-2-11-8-7(6-9)4-3-5-10-8/h5-7H,3-4H2,1-2H3;3-5H,2H2,1H3. The first-order chi connectivity index (χ1) is 10.8. The highest BCUT2D eigenvalue weighted by Crippen LogP contribution is 2.14. The summed E-state index contributed by atoms with van der Waals surface area (Å²) in [4.78, 5) is 8.01. The Labute approximate surface area is 131 Å². The maximum Gasteiger partial charge on any atom is 0.231 e. The minimum absolute atomic E-state index is 0.414. The first-order valence-electron chi connectivity index (χ1n) is 7.31. The Bertz CT molecular complexity index is 609. The fraction of sp³-hybridized carbons (Fsp3) is 0.353. The molecule has 0 unspecified atom stereocenters. The number of hydrogen-bond acceptors (Lipinski definition) is 5. The summed E-state index contributed by atoms with van der Waals surface area (Å²) in [6.45, 7) is 7.14. The summed E-state index contributed by atoms with van der Waals surface area (Å²) in [6, 6.07) is 9.35. The maximum atomic E-state index is 8.58. The van der Waals surface area contributed by atoms with Gasteiger partial charge in [-0.15, -0.1) is 0 Å². The van der Waals surface area contributed by atoms with Crippen LogP contribution >= 0.6 is 0 Å². The van der Waals surface area contributed by atoms with Crippen molar-refractivity contribution < 1.29 is 9.47 Å². The van der Waals surface area contributed by atoms with E-state index in [-0.39, 0.29) is 0 Å². The van der Waals surface area contributed by atoms with Gasteiger partial charge in [0, 0.05) is 18.0 Å². The van der Waals surface area contributed by atoms with Gasteiger partial charge in [0.05, 0.1) is 13.2 Å². The second-order valence-corrected chi connectivity index (χ2v) is 4.16. The van der Waals surface area contributed by atoms with E-state index in [1.165, 1.54) is 5.56 Å². The van der Waals surface area contributed by atoms with Gasteiger partial charge in [-0.25, -0.2) is 9.97 Å². The van der Waals surface area contributed by atoms with Crippen molar-refractivity contribution in [3.05, 3.63) is 47.8 Å². The van der Waals surface area contributed by atoms with Crippen molar-refractivity contribution in [1.29, 1.82) is 5.26 Å². The minimum Gasteiger partial charge on any atom is -0.478 e. The van der Waals surface area contributed by atoms with Gasteiger partial charge in [0.25, 0.3) is 0 Å². The summed E-state index contributed by atoms with van der Waals surface area (Å²) >= 11 is 0. The molecule has 0 saturated carbocycles. The fourth-order valence-electron chi connectivity index (χ4n) is 1.69. The smallest absolute Gasteiger partial charge is 0.231 e. The van der Waals surface area contributed by atoms with E-state index in [1.54, 1.807) is 24.5 Å². The van der Waals surface area contributed by atoms with Gasteiger partial charge in [-0.05, 0) is 38.5 Å². The maximum absolute atomic E-state index is 8.58. The summed E-state index contributed by atoms with van der Waals surface area (Å²) in [5, 5.41) is 8.58. The quantitative estimate of drug-likeness (QED) is 0.846. The lowest BCUT2D eigenvalue weighted by atomic mass is 10.2. The van der Waals surface area contributed by atoms with E-state index in [0.717, 1.165) is 12.3 Å². The molecule has 2 heterocycles. The third-order valence-electron chi connectivity index (χ3n) is 2.68. The highest BCUT2D eigenvalue weighted by atomic mass is 16.5. The normalized spacial score (nSPS) is 9.18. The Hall–Kier alpha value is -2.61. The molecule has 0 bridgehead atoms. The molecule has 0 saturated heterocycles. The molecule has 22 heavy (non-hydrogen) atoms. The lowest BCUT2D eigenvalue weighted by Gasteiger charge is -2.05. The molecule has 0 aliphatic heterocycles. The Morgan fingerprint density at radius 3 is 2.14 bits per heavy atom. The summed E-state index contributed by atoms with van der Waals surface area (Å²) in [6.07, 6.45) is 4.33. The Kier molecular flexibility index (Phi) is 8.06. The highest BCUT2D eigenvalue weighted by Gasteiger charge is 2.00. The zero-order valence-electron chi connectivity index (χ0n) is 13.2. The van der Waals surface area contributed by atoms with E-state index < -0.39 is 0 Å². The van der Waals surface area contributed by atoms with Crippen LogP contribution in [0.2, 0.25) is 0 Å². The van der Waals surface area contributed by atoms with Gasteiger partial charge in [0.15, 0.2) is 0 Å². The Balaban J connectivity index is 0.000000220.